The molecule has 0 atom stereocenters. The summed E-state index contributed by atoms with van der Waals surface area (Å²) in [5.41, 5.74) is 3.18. The second kappa shape index (κ2) is 10.4. The van der Waals surface area contributed by atoms with Gasteiger partial charge in [0.2, 0.25) is 10.0 Å². The van der Waals surface area contributed by atoms with Crippen LogP contribution in [-0.4, -0.2) is 73.5 Å². The smallest absolute Gasteiger partial charge is 0.407 e. The van der Waals surface area contributed by atoms with Crippen molar-refractivity contribution in [3.8, 4) is 0 Å². The molecule has 0 saturated carbocycles. The monoisotopic (exact) mass is 529 g/mol. The largest absolute Gasteiger partial charge is 0.465 e. The highest BCUT2D eigenvalue weighted by Crippen LogP contribution is 2.29. The van der Waals surface area contributed by atoms with Gasteiger partial charge < -0.3 is 19.3 Å². The van der Waals surface area contributed by atoms with Gasteiger partial charge in [-0.25, -0.2) is 21.9 Å². The Morgan fingerprint density at radius 2 is 1.97 bits per heavy atom. The first-order valence-electron chi connectivity index (χ1n) is 12.7. The fraction of sp³-hybridized carbons (Fsp3) is 0.444. The van der Waals surface area contributed by atoms with Gasteiger partial charge in [0.1, 0.15) is 11.4 Å². The van der Waals surface area contributed by atoms with Gasteiger partial charge in [0.25, 0.3) is 0 Å². The van der Waals surface area contributed by atoms with Gasteiger partial charge >= 0.3 is 6.09 Å². The number of furan rings is 1. The average Bonchev–Trinajstić information content (AvgIpc) is 3.29. The lowest BCUT2D eigenvalue weighted by Gasteiger charge is -2.34. The van der Waals surface area contributed by atoms with E-state index in [2.05, 4.69) is 4.90 Å². The second-order valence-corrected chi connectivity index (χ2v) is 12.1. The van der Waals surface area contributed by atoms with E-state index in [0.717, 1.165) is 61.0 Å². The van der Waals surface area contributed by atoms with Crippen LogP contribution in [0.15, 0.2) is 52.0 Å². The summed E-state index contributed by atoms with van der Waals surface area (Å²) in [6.07, 6.45) is 3.69. The van der Waals surface area contributed by atoms with Crippen molar-refractivity contribution in [2.24, 2.45) is 5.92 Å². The molecule has 0 spiro atoms. The molecule has 0 radical (unpaired) electrons. The van der Waals surface area contributed by atoms with E-state index in [1.165, 1.54) is 21.3 Å². The third kappa shape index (κ3) is 5.37. The van der Waals surface area contributed by atoms with E-state index >= 15 is 0 Å². The molecule has 0 bridgehead atoms. The van der Waals surface area contributed by atoms with Crippen LogP contribution in [0.3, 0.4) is 0 Å². The second-order valence-electron chi connectivity index (χ2n) is 10.1. The summed E-state index contributed by atoms with van der Waals surface area (Å²) in [5, 5.41) is 10.1. The van der Waals surface area contributed by atoms with Gasteiger partial charge in [-0.2, -0.15) is 0 Å². The number of hydrogen-bond acceptors (Lipinski definition) is 5. The molecule has 1 saturated heterocycles. The van der Waals surface area contributed by atoms with Crippen molar-refractivity contribution in [2.45, 2.75) is 37.1 Å². The third-order valence-electron chi connectivity index (χ3n) is 7.72. The quantitative estimate of drug-likeness (QED) is 0.494. The summed E-state index contributed by atoms with van der Waals surface area (Å²) >= 11 is 0. The number of likely N-dealkylation sites (tertiary alicyclic amines) is 1. The maximum absolute atomic E-state index is 13.6. The fourth-order valence-corrected chi connectivity index (χ4v) is 7.07. The lowest BCUT2D eigenvalue weighted by Crippen LogP contribution is -2.40. The maximum Gasteiger partial charge on any atom is 0.407 e. The van der Waals surface area contributed by atoms with Gasteiger partial charge in [0.15, 0.2) is 0 Å². The molecule has 0 aliphatic carbocycles. The molecule has 1 amide bonds. The predicted molar refractivity (Wildman–Crippen MR) is 137 cm³/mol. The number of rotatable bonds is 7. The SMILES string of the molecule is CN(CC1CCN(CCc2coc3ccc(F)cc23)CC1)S(=O)(=O)c1cccc2c1CCN(C(=O)O)C2. The Morgan fingerprint density at radius 3 is 2.73 bits per heavy atom. The van der Waals surface area contributed by atoms with Crippen LogP contribution in [-0.2, 0) is 29.4 Å². The zero-order valence-corrected chi connectivity index (χ0v) is 21.7. The summed E-state index contributed by atoms with van der Waals surface area (Å²) in [4.78, 5) is 15.3. The van der Waals surface area contributed by atoms with E-state index in [1.54, 1.807) is 31.5 Å². The Bertz CT molecular complexity index is 1400. The number of halogens is 1. The van der Waals surface area contributed by atoms with Crippen molar-refractivity contribution in [1.29, 1.82) is 0 Å². The number of carboxylic acid groups (broad SMARTS) is 1. The molecular formula is C27H32FN3O5S. The molecule has 1 fully saturated rings. The van der Waals surface area contributed by atoms with Gasteiger partial charge in [-0.15, -0.1) is 0 Å². The molecule has 1 aromatic heterocycles. The van der Waals surface area contributed by atoms with Gasteiger partial charge in [-0.3, -0.25) is 0 Å². The first kappa shape index (κ1) is 25.7. The van der Waals surface area contributed by atoms with Crippen LogP contribution >= 0.6 is 0 Å². The van der Waals surface area contributed by atoms with Gasteiger partial charge in [-0.1, -0.05) is 12.1 Å². The van der Waals surface area contributed by atoms with Crippen molar-refractivity contribution >= 4 is 27.1 Å². The molecule has 1 N–H and O–H groups in total. The number of piperidine rings is 1. The predicted octanol–water partition coefficient (Wildman–Crippen LogP) is 4.18. The number of amides is 1. The van der Waals surface area contributed by atoms with E-state index in [1.807, 2.05) is 6.07 Å². The zero-order valence-electron chi connectivity index (χ0n) is 20.9. The lowest BCUT2D eigenvalue weighted by molar-refractivity contribution is 0.139. The minimum atomic E-state index is -3.68. The molecule has 8 nitrogen and oxygen atoms in total. The van der Waals surface area contributed by atoms with Crippen LogP contribution in [0.4, 0.5) is 9.18 Å². The molecule has 2 aromatic carbocycles. The highest BCUT2D eigenvalue weighted by Gasteiger charge is 2.31. The Labute approximate surface area is 216 Å². The lowest BCUT2D eigenvalue weighted by atomic mass is 9.96. The third-order valence-corrected chi connectivity index (χ3v) is 9.63. The van der Waals surface area contributed by atoms with Gasteiger partial charge in [0, 0.05) is 38.6 Å². The van der Waals surface area contributed by atoms with Crippen LogP contribution in [0.2, 0.25) is 0 Å². The van der Waals surface area contributed by atoms with Crippen molar-refractivity contribution in [3.05, 3.63) is 65.2 Å². The Kier molecular flexibility index (Phi) is 7.24. The van der Waals surface area contributed by atoms with Crippen molar-refractivity contribution in [3.63, 3.8) is 0 Å². The summed E-state index contributed by atoms with van der Waals surface area (Å²) in [6.45, 7) is 3.56. The number of hydrogen-bond donors (Lipinski definition) is 1. The highest BCUT2D eigenvalue weighted by molar-refractivity contribution is 7.89. The van der Waals surface area contributed by atoms with E-state index in [4.69, 9.17) is 4.42 Å². The van der Waals surface area contributed by atoms with Crippen molar-refractivity contribution in [1.82, 2.24) is 14.1 Å². The minimum absolute atomic E-state index is 0.208. The number of nitrogens with zero attached hydrogens (tertiary/aromatic N) is 3. The van der Waals surface area contributed by atoms with E-state index < -0.39 is 16.1 Å². The maximum atomic E-state index is 13.6. The fourth-order valence-electron chi connectivity index (χ4n) is 5.53. The molecule has 5 rings (SSSR count). The number of sulfonamides is 1. The summed E-state index contributed by atoms with van der Waals surface area (Å²) in [5.74, 6) is -0.00444. The van der Waals surface area contributed by atoms with Crippen LogP contribution in [0.25, 0.3) is 11.0 Å². The van der Waals surface area contributed by atoms with E-state index in [-0.39, 0.29) is 18.3 Å². The van der Waals surface area contributed by atoms with Crippen molar-refractivity contribution in [2.75, 3.05) is 39.8 Å². The molecular weight excluding hydrogens is 497 g/mol. The molecule has 10 heteroatoms. The number of carbonyl (C=O) groups is 1. The first-order valence-corrected chi connectivity index (χ1v) is 14.1. The number of fused-ring (bicyclic) bond motifs is 2. The Hall–Kier alpha value is -2.95. The van der Waals surface area contributed by atoms with Crippen LogP contribution < -0.4 is 0 Å². The van der Waals surface area contributed by atoms with Crippen molar-refractivity contribution < 1.29 is 27.1 Å². The molecule has 198 valence electrons. The van der Waals surface area contributed by atoms with Gasteiger partial charge in [-0.05, 0) is 85.6 Å². The minimum Gasteiger partial charge on any atom is -0.465 e. The van der Waals surface area contributed by atoms with Crippen LogP contribution in [0.5, 0.6) is 0 Å². The number of benzene rings is 2. The summed E-state index contributed by atoms with van der Waals surface area (Å²) in [6, 6.07) is 9.71. The molecule has 37 heavy (non-hydrogen) atoms. The first-order chi connectivity index (χ1) is 17.7. The molecule has 0 unspecified atom stereocenters. The normalized spacial score (nSPS) is 17.4. The standard InChI is InChI=1S/C27H32FN3O5S/c1-29(37(34,35)26-4-2-3-20-17-31(27(32)33)14-10-23(20)26)16-19-7-11-30(12-8-19)13-9-21-18-36-25-6-5-22(28)15-24(21)25/h2-6,15,18-19H,7-14,16-17H2,1H3,(H,32,33). The van der Waals surface area contributed by atoms with Gasteiger partial charge in [0.05, 0.1) is 11.2 Å². The van der Waals surface area contributed by atoms with Crippen LogP contribution in [0, 0.1) is 11.7 Å². The van der Waals surface area contributed by atoms with Crippen LogP contribution in [0.1, 0.15) is 29.5 Å². The molecule has 3 heterocycles. The summed E-state index contributed by atoms with van der Waals surface area (Å²) in [7, 11) is -2.05. The molecule has 2 aliphatic heterocycles. The topological polar surface area (TPSA) is 94.3 Å². The molecule has 2 aliphatic rings. The molecule has 3 aromatic rings. The average molecular weight is 530 g/mol. The Balaban J connectivity index is 1.16. The highest BCUT2D eigenvalue weighted by atomic mass is 32.2. The zero-order chi connectivity index (χ0) is 26.2. The Morgan fingerprint density at radius 1 is 1.19 bits per heavy atom. The van der Waals surface area contributed by atoms with E-state index in [9.17, 15) is 22.7 Å². The summed E-state index contributed by atoms with van der Waals surface area (Å²) < 4.78 is 47.6. The van der Waals surface area contributed by atoms with E-state index in [0.29, 0.717) is 30.0 Å².